The van der Waals surface area contributed by atoms with E-state index in [0.29, 0.717) is 0 Å². The summed E-state index contributed by atoms with van der Waals surface area (Å²) >= 11 is 0. The number of rotatable bonds is 2. The number of anilines is 2. The fourth-order valence-corrected chi connectivity index (χ4v) is 1.86. The average Bonchev–Trinajstić information content (AvgIpc) is 2.82. The van der Waals surface area contributed by atoms with E-state index >= 15 is 0 Å². The minimum Gasteiger partial charge on any atom is -0.324 e. The average molecular weight is 227 g/mol. The first-order chi connectivity index (χ1) is 8.22. The van der Waals surface area contributed by atoms with Crippen LogP contribution in [0.3, 0.4) is 0 Å². The summed E-state index contributed by atoms with van der Waals surface area (Å²) in [6.07, 6.45) is 1.93. The van der Waals surface area contributed by atoms with E-state index in [1.807, 2.05) is 44.4 Å². The number of benzene rings is 1. The minimum atomic E-state index is 0.738. The molecular weight excluding hydrogens is 214 g/mol. The molecule has 0 saturated heterocycles. The smallest absolute Gasteiger partial charge is 0.205 e. The van der Waals surface area contributed by atoms with Crippen molar-refractivity contribution >= 4 is 22.7 Å². The van der Waals surface area contributed by atoms with Crippen LogP contribution in [0.5, 0.6) is 0 Å². The van der Waals surface area contributed by atoms with Gasteiger partial charge in [0.05, 0.1) is 22.4 Å². The molecule has 0 bridgehead atoms. The summed E-state index contributed by atoms with van der Waals surface area (Å²) in [7, 11) is 1.90. The summed E-state index contributed by atoms with van der Waals surface area (Å²) < 4.78 is 1.78. The number of hydrogen-bond acceptors (Lipinski definition) is 3. The van der Waals surface area contributed by atoms with Crippen molar-refractivity contribution in [1.82, 2.24) is 19.7 Å². The molecule has 0 aliphatic heterocycles. The molecule has 0 saturated carbocycles. The molecule has 3 aromatic rings. The third-order valence-corrected chi connectivity index (χ3v) is 2.66. The Morgan fingerprint density at radius 2 is 2.12 bits per heavy atom. The monoisotopic (exact) mass is 227 g/mol. The Morgan fingerprint density at radius 1 is 1.29 bits per heavy atom. The van der Waals surface area contributed by atoms with Crippen molar-refractivity contribution in [3.8, 4) is 0 Å². The molecule has 86 valence electrons. The van der Waals surface area contributed by atoms with E-state index in [2.05, 4.69) is 20.4 Å². The molecule has 0 fully saturated rings. The third kappa shape index (κ3) is 1.75. The summed E-state index contributed by atoms with van der Waals surface area (Å²) in [4.78, 5) is 7.68. The van der Waals surface area contributed by atoms with E-state index < -0.39 is 0 Å². The quantitative estimate of drug-likeness (QED) is 0.706. The summed E-state index contributed by atoms with van der Waals surface area (Å²) in [6, 6.07) is 7.94. The first kappa shape index (κ1) is 9.89. The van der Waals surface area contributed by atoms with Crippen LogP contribution >= 0.6 is 0 Å². The second kappa shape index (κ2) is 3.62. The van der Waals surface area contributed by atoms with Gasteiger partial charge in [-0.2, -0.15) is 5.10 Å². The van der Waals surface area contributed by atoms with Gasteiger partial charge < -0.3 is 10.3 Å². The lowest BCUT2D eigenvalue weighted by molar-refractivity contribution is 0.756. The predicted octanol–water partition coefficient (Wildman–Crippen LogP) is 2.35. The van der Waals surface area contributed by atoms with Crippen molar-refractivity contribution in [2.24, 2.45) is 7.05 Å². The Hall–Kier alpha value is -2.30. The maximum Gasteiger partial charge on any atom is 0.205 e. The lowest BCUT2D eigenvalue weighted by Gasteiger charge is -1.98. The van der Waals surface area contributed by atoms with Crippen LogP contribution in [0, 0.1) is 6.92 Å². The summed E-state index contributed by atoms with van der Waals surface area (Å²) in [6.45, 7) is 1.96. The van der Waals surface area contributed by atoms with E-state index in [-0.39, 0.29) is 0 Å². The maximum absolute atomic E-state index is 4.45. The Balaban J connectivity index is 1.97. The topological polar surface area (TPSA) is 58.5 Å². The first-order valence-corrected chi connectivity index (χ1v) is 5.44. The fourth-order valence-electron chi connectivity index (χ4n) is 1.86. The Bertz CT molecular complexity index is 631. The largest absolute Gasteiger partial charge is 0.324 e. The molecule has 3 rings (SSSR count). The Labute approximate surface area is 98.5 Å². The van der Waals surface area contributed by atoms with Crippen LogP contribution in [0.1, 0.15) is 5.69 Å². The van der Waals surface area contributed by atoms with Crippen LogP contribution in [-0.4, -0.2) is 19.7 Å². The highest BCUT2D eigenvalue weighted by Gasteiger charge is 2.06. The number of fused-ring (bicyclic) bond motifs is 1. The number of nitrogens with one attached hydrogen (secondary N) is 2. The summed E-state index contributed by atoms with van der Waals surface area (Å²) in [5, 5.41) is 7.51. The fraction of sp³-hybridized carbons (Fsp3) is 0.167. The summed E-state index contributed by atoms with van der Waals surface area (Å²) in [5.41, 5.74) is 3.90. The molecule has 1 aromatic carbocycles. The molecule has 2 N–H and O–H groups in total. The first-order valence-electron chi connectivity index (χ1n) is 5.44. The molecule has 0 spiro atoms. The van der Waals surface area contributed by atoms with Gasteiger partial charge in [-0.15, -0.1) is 0 Å². The lowest BCUT2D eigenvalue weighted by atomic mass is 10.3. The van der Waals surface area contributed by atoms with Gasteiger partial charge in [-0.05, 0) is 19.1 Å². The molecule has 0 aliphatic carbocycles. The number of imidazole rings is 1. The van der Waals surface area contributed by atoms with Crippen LogP contribution in [-0.2, 0) is 7.05 Å². The van der Waals surface area contributed by atoms with Gasteiger partial charge in [-0.1, -0.05) is 12.1 Å². The van der Waals surface area contributed by atoms with Gasteiger partial charge in [0.25, 0.3) is 0 Å². The van der Waals surface area contributed by atoms with Crippen LogP contribution < -0.4 is 5.32 Å². The maximum atomic E-state index is 4.45. The van der Waals surface area contributed by atoms with Crippen molar-refractivity contribution in [1.29, 1.82) is 0 Å². The van der Waals surface area contributed by atoms with E-state index in [9.17, 15) is 0 Å². The Kier molecular flexibility index (Phi) is 2.11. The van der Waals surface area contributed by atoms with Crippen molar-refractivity contribution in [3.63, 3.8) is 0 Å². The number of aromatic amines is 1. The second-order valence-corrected chi connectivity index (χ2v) is 4.03. The second-order valence-electron chi connectivity index (χ2n) is 4.03. The molecular formula is C12H13N5. The van der Waals surface area contributed by atoms with Gasteiger partial charge in [0.2, 0.25) is 5.95 Å². The van der Waals surface area contributed by atoms with E-state index in [0.717, 1.165) is 28.4 Å². The number of nitrogens with zero attached hydrogens (tertiary/aromatic N) is 3. The molecule has 2 heterocycles. The van der Waals surface area contributed by atoms with Gasteiger partial charge in [0.15, 0.2) is 0 Å². The van der Waals surface area contributed by atoms with E-state index in [4.69, 9.17) is 0 Å². The van der Waals surface area contributed by atoms with Gasteiger partial charge in [0, 0.05) is 13.2 Å². The predicted molar refractivity (Wildman–Crippen MR) is 67.3 cm³/mol. The van der Waals surface area contributed by atoms with Gasteiger partial charge in [-0.3, -0.25) is 4.68 Å². The third-order valence-electron chi connectivity index (χ3n) is 2.66. The zero-order valence-corrected chi connectivity index (χ0v) is 9.73. The van der Waals surface area contributed by atoms with Gasteiger partial charge in [-0.25, -0.2) is 4.98 Å². The highest BCUT2D eigenvalue weighted by molar-refractivity contribution is 5.78. The van der Waals surface area contributed by atoms with E-state index in [1.54, 1.807) is 4.68 Å². The zero-order chi connectivity index (χ0) is 11.8. The SMILES string of the molecule is Cc1nn(C)cc1Nc1nc2ccccc2[nH]1. The normalized spacial score (nSPS) is 10.9. The molecule has 5 heteroatoms. The zero-order valence-electron chi connectivity index (χ0n) is 9.73. The Morgan fingerprint density at radius 3 is 2.82 bits per heavy atom. The molecule has 0 unspecified atom stereocenters. The highest BCUT2D eigenvalue weighted by atomic mass is 15.3. The molecule has 2 aromatic heterocycles. The lowest BCUT2D eigenvalue weighted by Crippen LogP contribution is -1.92. The van der Waals surface area contributed by atoms with Crippen molar-refractivity contribution in [2.75, 3.05) is 5.32 Å². The molecule has 0 atom stereocenters. The minimum absolute atomic E-state index is 0.738. The number of aryl methyl sites for hydroxylation is 2. The number of para-hydroxylation sites is 2. The standard InChI is InChI=1S/C12H13N5/c1-8-11(7-17(2)16-8)15-12-13-9-5-3-4-6-10(9)14-12/h3-7H,1-2H3,(H2,13,14,15). The van der Waals surface area contributed by atoms with Crippen LogP contribution in [0.15, 0.2) is 30.5 Å². The van der Waals surface area contributed by atoms with Gasteiger partial charge >= 0.3 is 0 Å². The van der Waals surface area contributed by atoms with Gasteiger partial charge in [0.1, 0.15) is 0 Å². The van der Waals surface area contributed by atoms with Crippen LogP contribution in [0.2, 0.25) is 0 Å². The molecule has 17 heavy (non-hydrogen) atoms. The molecule has 0 amide bonds. The molecule has 0 aliphatic rings. The molecule has 0 radical (unpaired) electrons. The highest BCUT2D eigenvalue weighted by Crippen LogP contribution is 2.19. The van der Waals surface area contributed by atoms with Crippen LogP contribution in [0.4, 0.5) is 11.6 Å². The molecule has 5 nitrogen and oxygen atoms in total. The number of H-pyrrole nitrogens is 1. The van der Waals surface area contributed by atoms with E-state index in [1.165, 1.54) is 0 Å². The summed E-state index contributed by atoms with van der Waals surface area (Å²) in [5.74, 6) is 0.738. The van der Waals surface area contributed by atoms with Crippen molar-refractivity contribution in [2.45, 2.75) is 6.92 Å². The van der Waals surface area contributed by atoms with Crippen molar-refractivity contribution in [3.05, 3.63) is 36.2 Å². The number of hydrogen-bond donors (Lipinski definition) is 2. The van der Waals surface area contributed by atoms with Crippen LogP contribution in [0.25, 0.3) is 11.0 Å². The van der Waals surface area contributed by atoms with Crippen molar-refractivity contribution < 1.29 is 0 Å². The number of aromatic nitrogens is 4.